The van der Waals surface area contributed by atoms with Crippen molar-refractivity contribution in [2.75, 3.05) is 13.6 Å². The summed E-state index contributed by atoms with van der Waals surface area (Å²) in [5.41, 5.74) is 7.54. The molecule has 29 heavy (non-hydrogen) atoms. The van der Waals surface area contributed by atoms with Gasteiger partial charge in [-0.15, -0.1) is 24.0 Å². The highest BCUT2D eigenvalue weighted by Gasteiger charge is 2.09. The molecular weight excluding hydrogens is 493 g/mol. The summed E-state index contributed by atoms with van der Waals surface area (Å²) in [4.78, 5) is 17.8. The SMILES string of the molecule is CCNC(=NCc1cccc(C(N)=O)c1)N(C)Cc1ccc(OC(F)F)cc1.I. The number of nitrogens with two attached hydrogens (primary N) is 1. The van der Waals surface area contributed by atoms with Crippen molar-refractivity contribution in [2.24, 2.45) is 10.7 Å². The van der Waals surface area contributed by atoms with E-state index in [-0.39, 0.29) is 29.7 Å². The van der Waals surface area contributed by atoms with Crippen LogP contribution in [0.4, 0.5) is 8.78 Å². The van der Waals surface area contributed by atoms with Crippen LogP contribution in [0.15, 0.2) is 53.5 Å². The summed E-state index contributed by atoms with van der Waals surface area (Å²) in [6.45, 7) is 0.727. The van der Waals surface area contributed by atoms with Crippen LogP contribution in [0.5, 0.6) is 5.75 Å². The van der Waals surface area contributed by atoms with E-state index in [1.165, 1.54) is 12.1 Å². The van der Waals surface area contributed by atoms with E-state index in [1.807, 2.05) is 24.9 Å². The Morgan fingerprint density at radius 3 is 2.48 bits per heavy atom. The maximum absolute atomic E-state index is 12.2. The Hall–Kier alpha value is -2.43. The minimum absolute atomic E-state index is 0. The lowest BCUT2D eigenvalue weighted by Gasteiger charge is -2.22. The number of rotatable bonds is 8. The molecule has 0 aliphatic carbocycles. The number of nitrogens with one attached hydrogen (secondary N) is 1. The van der Waals surface area contributed by atoms with Gasteiger partial charge in [0.05, 0.1) is 6.54 Å². The molecule has 0 bridgehead atoms. The fraction of sp³-hybridized carbons (Fsp3) is 0.300. The highest BCUT2D eigenvalue weighted by molar-refractivity contribution is 14.0. The summed E-state index contributed by atoms with van der Waals surface area (Å²) in [6.07, 6.45) is 0. The van der Waals surface area contributed by atoms with Crippen LogP contribution >= 0.6 is 24.0 Å². The molecule has 9 heteroatoms. The van der Waals surface area contributed by atoms with Gasteiger partial charge in [-0.1, -0.05) is 24.3 Å². The summed E-state index contributed by atoms with van der Waals surface area (Å²) in [5.74, 6) is 0.324. The number of hydrogen-bond acceptors (Lipinski definition) is 3. The zero-order valence-corrected chi connectivity index (χ0v) is 18.6. The highest BCUT2D eigenvalue weighted by Crippen LogP contribution is 2.16. The van der Waals surface area contributed by atoms with Crippen LogP contribution in [0.25, 0.3) is 0 Å². The van der Waals surface area contributed by atoms with Gasteiger partial charge < -0.3 is 20.7 Å². The quantitative estimate of drug-likeness (QED) is 0.318. The highest BCUT2D eigenvalue weighted by atomic mass is 127. The molecule has 3 N–H and O–H groups in total. The van der Waals surface area contributed by atoms with Crippen LogP contribution in [-0.4, -0.2) is 37.0 Å². The number of aliphatic imine (C=N–C) groups is 1. The number of carbonyl (C=O) groups is 1. The summed E-state index contributed by atoms with van der Waals surface area (Å²) in [6, 6.07) is 13.5. The third-order valence-electron chi connectivity index (χ3n) is 3.89. The molecule has 158 valence electrons. The topological polar surface area (TPSA) is 79.9 Å². The first kappa shape index (κ1) is 24.6. The number of amides is 1. The van der Waals surface area contributed by atoms with Crippen molar-refractivity contribution in [1.82, 2.24) is 10.2 Å². The number of primary amides is 1. The summed E-state index contributed by atoms with van der Waals surface area (Å²) in [5, 5.41) is 3.21. The van der Waals surface area contributed by atoms with Crippen molar-refractivity contribution >= 4 is 35.8 Å². The van der Waals surface area contributed by atoms with Gasteiger partial charge in [0.15, 0.2) is 5.96 Å². The van der Waals surface area contributed by atoms with E-state index in [0.29, 0.717) is 31.2 Å². The van der Waals surface area contributed by atoms with Crippen molar-refractivity contribution in [1.29, 1.82) is 0 Å². The Morgan fingerprint density at radius 2 is 1.90 bits per heavy atom. The van der Waals surface area contributed by atoms with Crippen LogP contribution in [-0.2, 0) is 13.1 Å². The average Bonchev–Trinajstić information content (AvgIpc) is 2.66. The Kier molecular flexibility index (Phi) is 10.4. The number of carbonyl (C=O) groups excluding carboxylic acids is 1. The van der Waals surface area contributed by atoms with E-state index < -0.39 is 12.5 Å². The monoisotopic (exact) mass is 518 g/mol. The van der Waals surface area contributed by atoms with Crippen molar-refractivity contribution in [3.8, 4) is 5.75 Å². The standard InChI is InChI=1S/C20H24F2N4O2.HI/c1-3-24-20(25-12-15-5-4-6-16(11-15)18(23)27)26(2)13-14-7-9-17(10-8-14)28-19(21)22;/h4-11,19H,3,12-13H2,1-2H3,(H2,23,27)(H,24,25);1H. The maximum Gasteiger partial charge on any atom is 0.387 e. The predicted molar refractivity (Wildman–Crippen MR) is 120 cm³/mol. The number of alkyl halides is 2. The minimum atomic E-state index is -2.84. The number of hydrogen-bond donors (Lipinski definition) is 2. The minimum Gasteiger partial charge on any atom is -0.435 e. The molecule has 0 aliphatic heterocycles. The summed E-state index contributed by atoms with van der Waals surface area (Å²) >= 11 is 0. The van der Waals surface area contributed by atoms with Gasteiger partial charge in [-0.05, 0) is 42.3 Å². The predicted octanol–water partition coefficient (Wildman–Crippen LogP) is 3.60. The van der Waals surface area contributed by atoms with Crippen molar-refractivity contribution in [3.63, 3.8) is 0 Å². The third-order valence-corrected chi connectivity index (χ3v) is 3.89. The molecule has 2 rings (SSSR count). The van der Waals surface area contributed by atoms with Gasteiger partial charge in [0, 0.05) is 25.7 Å². The Bertz CT molecular complexity index is 816. The third kappa shape index (κ3) is 8.22. The smallest absolute Gasteiger partial charge is 0.387 e. The van der Waals surface area contributed by atoms with Crippen LogP contribution in [0.3, 0.4) is 0 Å². The lowest BCUT2D eigenvalue weighted by atomic mass is 10.1. The van der Waals surface area contributed by atoms with Gasteiger partial charge in [-0.25, -0.2) is 4.99 Å². The second-order valence-electron chi connectivity index (χ2n) is 6.11. The largest absolute Gasteiger partial charge is 0.435 e. The summed E-state index contributed by atoms with van der Waals surface area (Å²) in [7, 11) is 1.88. The van der Waals surface area contributed by atoms with E-state index >= 15 is 0 Å². The number of halogens is 3. The van der Waals surface area contributed by atoms with Crippen molar-refractivity contribution in [3.05, 3.63) is 65.2 Å². The molecule has 0 saturated carbocycles. The lowest BCUT2D eigenvalue weighted by molar-refractivity contribution is -0.0498. The van der Waals surface area contributed by atoms with E-state index in [1.54, 1.807) is 30.3 Å². The molecule has 2 aromatic rings. The fourth-order valence-electron chi connectivity index (χ4n) is 2.58. The van der Waals surface area contributed by atoms with Gasteiger partial charge in [-0.2, -0.15) is 8.78 Å². The molecule has 0 fully saturated rings. The lowest BCUT2D eigenvalue weighted by Crippen LogP contribution is -2.38. The normalized spacial score (nSPS) is 11.0. The first-order valence-electron chi connectivity index (χ1n) is 8.81. The van der Waals surface area contributed by atoms with Gasteiger partial charge >= 0.3 is 6.61 Å². The zero-order valence-electron chi connectivity index (χ0n) is 16.3. The van der Waals surface area contributed by atoms with Crippen LogP contribution in [0.1, 0.15) is 28.4 Å². The van der Waals surface area contributed by atoms with Crippen LogP contribution < -0.4 is 15.8 Å². The molecule has 0 spiro atoms. The number of ether oxygens (including phenoxy) is 1. The van der Waals surface area contributed by atoms with Crippen LogP contribution in [0.2, 0.25) is 0 Å². The zero-order chi connectivity index (χ0) is 20.5. The molecular formula is C20H25F2IN4O2. The molecule has 0 unspecified atom stereocenters. The van der Waals surface area contributed by atoms with Crippen LogP contribution in [0, 0.1) is 0 Å². The van der Waals surface area contributed by atoms with E-state index in [0.717, 1.165) is 11.1 Å². The number of nitrogens with zero attached hydrogens (tertiary/aromatic N) is 2. The first-order chi connectivity index (χ1) is 13.4. The van der Waals surface area contributed by atoms with Gasteiger partial charge in [0.25, 0.3) is 0 Å². The fourth-order valence-corrected chi connectivity index (χ4v) is 2.58. The van der Waals surface area contributed by atoms with Crippen molar-refractivity contribution < 1.29 is 18.3 Å². The van der Waals surface area contributed by atoms with E-state index in [2.05, 4.69) is 15.0 Å². The average molecular weight is 518 g/mol. The summed E-state index contributed by atoms with van der Waals surface area (Å²) < 4.78 is 28.8. The molecule has 1 amide bonds. The number of benzene rings is 2. The Balaban J connectivity index is 0.00000420. The van der Waals surface area contributed by atoms with Gasteiger partial charge in [0.1, 0.15) is 5.75 Å². The van der Waals surface area contributed by atoms with Crippen molar-refractivity contribution in [2.45, 2.75) is 26.6 Å². The molecule has 0 aromatic heterocycles. The molecule has 2 aromatic carbocycles. The van der Waals surface area contributed by atoms with E-state index in [4.69, 9.17) is 5.73 Å². The van der Waals surface area contributed by atoms with Gasteiger partial charge in [-0.3, -0.25) is 4.79 Å². The maximum atomic E-state index is 12.2. The molecule has 6 nitrogen and oxygen atoms in total. The second kappa shape index (κ2) is 12.2. The molecule has 0 aliphatic rings. The molecule has 0 heterocycles. The molecule has 0 atom stereocenters. The Labute approximate surface area is 186 Å². The second-order valence-corrected chi connectivity index (χ2v) is 6.11. The number of guanidine groups is 1. The molecule has 0 radical (unpaired) electrons. The van der Waals surface area contributed by atoms with Gasteiger partial charge in [0.2, 0.25) is 5.91 Å². The molecule has 0 saturated heterocycles. The van der Waals surface area contributed by atoms with E-state index in [9.17, 15) is 13.6 Å². The Morgan fingerprint density at radius 1 is 1.21 bits per heavy atom. The first-order valence-corrected chi connectivity index (χ1v) is 8.81.